The summed E-state index contributed by atoms with van der Waals surface area (Å²) in [6.45, 7) is 1.76. The van der Waals surface area contributed by atoms with Gasteiger partial charge in [0, 0.05) is 41.2 Å². The SMILES string of the molecule is O=C(N[C@H]1CCOc2c1ccc(F)c2F)c1cccc(NC2(c3nc(-c4ccncc4)n[nH]3)CCNCC2)c1. The molecule has 2 aromatic heterocycles. The Labute approximate surface area is 223 Å². The van der Waals surface area contributed by atoms with E-state index in [2.05, 4.69) is 31.1 Å². The highest BCUT2D eigenvalue weighted by atomic mass is 19.2. The van der Waals surface area contributed by atoms with E-state index < -0.39 is 23.2 Å². The molecule has 39 heavy (non-hydrogen) atoms. The smallest absolute Gasteiger partial charge is 0.251 e. The lowest BCUT2D eigenvalue weighted by Gasteiger charge is -2.37. The van der Waals surface area contributed by atoms with E-state index in [-0.39, 0.29) is 18.3 Å². The lowest BCUT2D eigenvalue weighted by molar-refractivity contribution is 0.0923. The number of fused-ring (bicyclic) bond motifs is 1. The van der Waals surface area contributed by atoms with Crippen LogP contribution < -0.4 is 20.7 Å². The van der Waals surface area contributed by atoms with E-state index >= 15 is 0 Å². The predicted molar refractivity (Wildman–Crippen MR) is 140 cm³/mol. The lowest BCUT2D eigenvalue weighted by Crippen LogP contribution is -2.46. The fraction of sp³-hybridized carbons (Fsp3) is 0.286. The number of rotatable bonds is 6. The van der Waals surface area contributed by atoms with Gasteiger partial charge in [-0.3, -0.25) is 14.9 Å². The number of anilines is 1. The van der Waals surface area contributed by atoms with Gasteiger partial charge in [0.15, 0.2) is 23.2 Å². The van der Waals surface area contributed by atoms with Gasteiger partial charge in [-0.15, -0.1) is 0 Å². The Balaban J connectivity index is 1.23. The van der Waals surface area contributed by atoms with Crippen LogP contribution in [0, 0.1) is 11.6 Å². The van der Waals surface area contributed by atoms with Gasteiger partial charge in [0.1, 0.15) is 0 Å². The van der Waals surface area contributed by atoms with Crippen LogP contribution in [0.15, 0.2) is 60.9 Å². The van der Waals surface area contributed by atoms with Crippen molar-refractivity contribution in [1.82, 2.24) is 30.8 Å². The number of halogens is 2. The molecule has 0 bridgehead atoms. The maximum Gasteiger partial charge on any atom is 0.251 e. The molecule has 1 amide bonds. The molecule has 4 aromatic rings. The second kappa shape index (κ2) is 10.4. The van der Waals surface area contributed by atoms with Gasteiger partial charge in [-0.25, -0.2) is 9.37 Å². The third-order valence-electron chi connectivity index (χ3n) is 7.26. The normalized spacial score (nSPS) is 18.1. The average Bonchev–Trinajstić information content (AvgIpc) is 3.48. The minimum atomic E-state index is -1.04. The van der Waals surface area contributed by atoms with E-state index in [0.717, 1.165) is 49.1 Å². The molecular weight excluding hydrogens is 504 g/mol. The van der Waals surface area contributed by atoms with Crippen LogP contribution in [0.2, 0.25) is 0 Å². The van der Waals surface area contributed by atoms with Gasteiger partial charge in [0.05, 0.1) is 18.2 Å². The maximum atomic E-state index is 14.2. The number of piperidine rings is 1. The van der Waals surface area contributed by atoms with E-state index in [1.54, 1.807) is 24.5 Å². The Kier molecular flexibility index (Phi) is 6.65. The van der Waals surface area contributed by atoms with Crippen LogP contribution in [0.4, 0.5) is 14.5 Å². The van der Waals surface area contributed by atoms with Crippen molar-refractivity contribution in [2.45, 2.75) is 30.8 Å². The summed E-state index contributed by atoms with van der Waals surface area (Å²) in [6, 6.07) is 12.9. The second-order valence-corrected chi connectivity index (χ2v) is 9.72. The van der Waals surface area contributed by atoms with Gasteiger partial charge in [0.2, 0.25) is 5.82 Å². The number of hydrogen-bond donors (Lipinski definition) is 4. The Morgan fingerprint density at radius 1 is 1.08 bits per heavy atom. The zero-order chi connectivity index (χ0) is 26.8. The summed E-state index contributed by atoms with van der Waals surface area (Å²) in [5, 5.41) is 17.5. The maximum absolute atomic E-state index is 14.2. The number of nitrogens with one attached hydrogen (secondary N) is 4. The van der Waals surface area contributed by atoms with Crippen LogP contribution in [0.5, 0.6) is 5.75 Å². The molecule has 4 N–H and O–H groups in total. The number of aromatic nitrogens is 4. The topological polar surface area (TPSA) is 117 Å². The van der Waals surface area contributed by atoms with Crippen molar-refractivity contribution in [3.05, 3.63) is 89.5 Å². The minimum absolute atomic E-state index is 0.145. The summed E-state index contributed by atoms with van der Waals surface area (Å²) in [5.74, 6) is -1.17. The highest BCUT2D eigenvalue weighted by Gasteiger charge is 2.37. The van der Waals surface area contributed by atoms with Crippen LogP contribution in [-0.2, 0) is 5.54 Å². The summed E-state index contributed by atoms with van der Waals surface area (Å²) in [6.07, 6.45) is 5.37. The van der Waals surface area contributed by atoms with Crippen molar-refractivity contribution in [2.75, 3.05) is 25.0 Å². The first-order valence-corrected chi connectivity index (χ1v) is 12.9. The van der Waals surface area contributed by atoms with Crippen molar-refractivity contribution in [3.63, 3.8) is 0 Å². The molecule has 200 valence electrons. The van der Waals surface area contributed by atoms with Gasteiger partial charge in [0.25, 0.3) is 5.91 Å². The number of aromatic amines is 1. The Bertz CT molecular complexity index is 1490. The third kappa shape index (κ3) is 4.92. The number of amides is 1. The van der Waals surface area contributed by atoms with Gasteiger partial charge in [-0.1, -0.05) is 12.1 Å². The number of nitrogens with zero attached hydrogens (tertiary/aromatic N) is 3. The number of carbonyl (C=O) groups is 1. The summed E-state index contributed by atoms with van der Waals surface area (Å²) >= 11 is 0. The largest absolute Gasteiger partial charge is 0.490 e. The van der Waals surface area contributed by atoms with Crippen molar-refractivity contribution < 1.29 is 18.3 Å². The van der Waals surface area contributed by atoms with Crippen LogP contribution in [-0.4, -0.2) is 45.8 Å². The molecule has 1 saturated heterocycles. The van der Waals surface area contributed by atoms with E-state index in [1.165, 1.54) is 6.07 Å². The number of pyridine rings is 1. The summed E-state index contributed by atoms with van der Waals surface area (Å²) in [4.78, 5) is 22.1. The quantitative estimate of drug-likeness (QED) is 0.296. The molecule has 6 rings (SSSR count). The van der Waals surface area contributed by atoms with Crippen LogP contribution >= 0.6 is 0 Å². The minimum Gasteiger partial charge on any atom is -0.490 e. The fourth-order valence-electron chi connectivity index (χ4n) is 5.19. The molecule has 2 aliphatic rings. The van der Waals surface area contributed by atoms with E-state index in [0.29, 0.717) is 23.4 Å². The molecule has 1 atom stereocenters. The average molecular weight is 532 g/mol. The van der Waals surface area contributed by atoms with E-state index in [9.17, 15) is 13.6 Å². The van der Waals surface area contributed by atoms with E-state index in [4.69, 9.17) is 9.72 Å². The van der Waals surface area contributed by atoms with Gasteiger partial charge in [-0.2, -0.15) is 9.49 Å². The zero-order valence-electron chi connectivity index (χ0n) is 21.0. The number of benzene rings is 2. The van der Waals surface area contributed by atoms with Gasteiger partial charge in [-0.05, 0) is 62.3 Å². The Morgan fingerprint density at radius 3 is 2.72 bits per heavy atom. The number of ether oxygens (including phenoxy) is 1. The highest BCUT2D eigenvalue weighted by molar-refractivity contribution is 5.95. The van der Waals surface area contributed by atoms with Crippen LogP contribution in [0.25, 0.3) is 11.4 Å². The Morgan fingerprint density at radius 2 is 1.90 bits per heavy atom. The fourth-order valence-corrected chi connectivity index (χ4v) is 5.19. The molecular formula is C28H27F2N7O2. The first kappa shape index (κ1) is 24.9. The van der Waals surface area contributed by atoms with Crippen LogP contribution in [0.3, 0.4) is 0 Å². The molecule has 2 aliphatic heterocycles. The summed E-state index contributed by atoms with van der Waals surface area (Å²) < 4.78 is 33.2. The molecule has 0 aliphatic carbocycles. The standard InChI is InChI=1S/C28H27F2N7O2/c29-21-5-4-20-22(8-15-39-24(20)23(21)30)33-26(38)18-2-1-3-19(16-18)35-28(9-13-32-14-10-28)27-34-25(36-37-27)17-6-11-31-12-7-17/h1-7,11-12,16,22,32,35H,8-10,13-15H2,(H,33,38)(H,34,36,37)/t22-/m0/s1. The molecule has 1 fully saturated rings. The number of H-pyrrole nitrogens is 1. The molecule has 0 unspecified atom stereocenters. The molecule has 0 spiro atoms. The van der Waals surface area contributed by atoms with Gasteiger partial charge < -0.3 is 20.7 Å². The Hall–Kier alpha value is -4.38. The van der Waals surface area contributed by atoms with E-state index in [1.807, 2.05) is 24.3 Å². The highest BCUT2D eigenvalue weighted by Crippen LogP contribution is 2.36. The molecule has 4 heterocycles. The van der Waals surface area contributed by atoms with Crippen molar-refractivity contribution in [3.8, 4) is 17.1 Å². The molecule has 2 aromatic carbocycles. The monoisotopic (exact) mass is 531 g/mol. The molecule has 9 nitrogen and oxygen atoms in total. The second-order valence-electron chi connectivity index (χ2n) is 9.72. The zero-order valence-corrected chi connectivity index (χ0v) is 21.0. The summed E-state index contributed by atoms with van der Waals surface area (Å²) in [5.41, 5.74) is 1.97. The van der Waals surface area contributed by atoms with Crippen molar-refractivity contribution in [2.24, 2.45) is 0 Å². The van der Waals surface area contributed by atoms with Gasteiger partial charge >= 0.3 is 0 Å². The van der Waals surface area contributed by atoms with Crippen LogP contribution in [0.1, 0.15) is 47.1 Å². The third-order valence-corrected chi connectivity index (χ3v) is 7.26. The molecule has 11 heteroatoms. The van der Waals surface area contributed by atoms with Crippen molar-refractivity contribution >= 4 is 11.6 Å². The first-order chi connectivity index (χ1) is 19.0. The lowest BCUT2D eigenvalue weighted by atomic mass is 9.87. The molecule has 0 radical (unpaired) electrons. The number of carbonyl (C=O) groups excluding carboxylic acids is 1. The predicted octanol–water partition coefficient (Wildman–Crippen LogP) is 4.09. The molecule has 0 saturated carbocycles. The first-order valence-electron chi connectivity index (χ1n) is 12.9. The summed E-state index contributed by atoms with van der Waals surface area (Å²) in [7, 11) is 0. The van der Waals surface area contributed by atoms with Crippen molar-refractivity contribution in [1.29, 1.82) is 0 Å². The number of hydrogen-bond acceptors (Lipinski definition) is 7.